The Bertz CT molecular complexity index is 842. The van der Waals surface area contributed by atoms with Gasteiger partial charge in [-0.25, -0.2) is 0 Å². The lowest BCUT2D eigenvalue weighted by atomic mass is 10.2. The van der Waals surface area contributed by atoms with Gasteiger partial charge in [-0.05, 0) is 35.7 Å². The number of hydrogen-bond donors (Lipinski definition) is 1. The fraction of sp³-hybridized carbons (Fsp3) is 0.167. The summed E-state index contributed by atoms with van der Waals surface area (Å²) in [6.45, 7) is 0.822. The molecule has 1 atom stereocenters. The third kappa shape index (κ3) is 2.88. The highest BCUT2D eigenvalue weighted by Crippen LogP contribution is 2.30. The van der Waals surface area contributed by atoms with E-state index in [-0.39, 0.29) is 12.0 Å². The summed E-state index contributed by atoms with van der Waals surface area (Å²) >= 11 is 1.43. The van der Waals surface area contributed by atoms with E-state index in [4.69, 9.17) is 9.47 Å². The second-order valence-electron chi connectivity index (χ2n) is 5.43. The van der Waals surface area contributed by atoms with Gasteiger partial charge in [0.15, 0.2) is 11.5 Å². The van der Waals surface area contributed by atoms with Gasteiger partial charge in [-0.2, -0.15) is 0 Å². The highest BCUT2D eigenvalue weighted by atomic mass is 32.1. The summed E-state index contributed by atoms with van der Waals surface area (Å²) < 4.78 is 13.5. The molecule has 1 aliphatic rings. The molecule has 1 amide bonds. The first-order valence-corrected chi connectivity index (χ1v) is 8.57. The molecule has 2 aromatic heterocycles. The summed E-state index contributed by atoms with van der Waals surface area (Å²) in [6, 6.07) is 13.4. The minimum absolute atomic E-state index is 0.101. The van der Waals surface area contributed by atoms with Crippen molar-refractivity contribution in [2.24, 2.45) is 0 Å². The van der Waals surface area contributed by atoms with Crippen molar-refractivity contribution >= 4 is 17.2 Å². The Kier molecular flexibility index (Phi) is 3.96. The van der Waals surface area contributed by atoms with Crippen LogP contribution in [0.4, 0.5) is 0 Å². The number of carbonyl (C=O) groups is 1. The molecule has 0 spiro atoms. The molecule has 122 valence electrons. The van der Waals surface area contributed by atoms with Gasteiger partial charge in [-0.3, -0.25) is 4.79 Å². The molecule has 3 heterocycles. The highest BCUT2D eigenvalue weighted by Gasteiger charge is 2.22. The van der Waals surface area contributed by atoms with E-state index < -0.39 is 0 Å². The largest absolute Gasteiger partial charge is 0.486 e. The summed E-state index contributed by atoms with van der Waals surface area (Å²) in [5.74, 6) is 1.36. The average Bonchev–Trinajstić information content (AvgIpc) is 3.30. The second-order valence-corrected chi connectivity index (χ2v) is 6.35. The normalized spacial score (nSPS) is 15.9. The number of benzene rings is 1. The van der Waals surface area contributed by atoms with Crippen LogP contribution in [0, 0.1) is 0 Å². The van der Waals surface area contributed by atoms with E-state index >= 15 is 0 Å². The smallest absolute Gasteiger partial charge is 0.263 e. The summed E-state index contributed by atoms with van der Waals surface area (Å²) in [6.07, 6.45) is 3.65. The zero-order chi connectivity index (χ0) is 16.4. The molecule has 3 aromatic rings. The Hall–Kier alpha value is -2.73. The molecule has 4 rings (SSSR count). The lowest BCUT2D eigenvalue weighted by Gasteiger charge is -2.26. The zero-order valence-electron chi connectivity index (χ0n) is 12.8. The third-order valence-electron chi connectivity index (χ3n) is 3.79. The average molecular weight is 340 g/mol. The first-order chi connectivity index (χ1) is 11.8. The van der Waals surface area contributed by atoms with E-state index in [0.717, 1.165) is 11.4 Å². The topological polar surface area (TPSA) is 52.5 Å². The van der Waals surface area contributed by atoms with Crippen molar-refractivity contribution in [1.29, 1.82) is 0 Å². The standard InChI is InChI=1S/C18H16N2O3S/c21-18(17-14(7-10-24-17)20-8-3-4-9-20)19-11-13-12-22-15-5-1-2-6-16(15)23-13/h1-10,13H,11-12H2,(H,19,21). The van der Waals surface area contributed by atoms with E-state index in [1.54, 1.807) is 0 Å². The maximum atomic E-state index is 12.5. The number of hydrogen-bond acceptors (Lipinski definition) is 4. The maximum absolute atomic E-state index is 12.5. The van der Waals surface area contributed by atoms with Crippen LogP contribution >= 0.6 is 11.3 Å². The van der Waals surface area contributed by atoms with Crippen LogP contribution in [-0.2, 0) is 0 Å². The number of ether oxygens (including phenoxy) is 2. The number of amides is 1. The van der Waals surface area contributed by atoms with Crippen LogP contribution in [0.3, 0.4) is 0 Å². The molecule has 6 heteroatoms. The number of para-hydroxylation sites is 2. The molecule has 1 aromatic carbocycles. The predicted octanol–water partition coefficient (Wildman–Crippen LogP) is 3.11. The molecular formula is C18H16N2O3S. The first-order valence-electron chi connectivity index (χ1n) is 7.69. The molecule has 1 N–H and O–H groups in total. The number of fused-ring (bicyclic) bond motifs is 1. The molecule has 5 nitrogen and oxygen atoms in total. The van der Waals surface area contributed by atoms with Gasteiger partial charge in [0.1, 0.15) is 17.6 Å². The molecule has 0 saturated heterocycles. The Balaban J connectivity index is 1.41. The summed E-state index contributed by atoms with van der Waals surface area (Å²) in [4.78, 5) is 13.2. The Morgan fingerprint density at radius 2 is 1.96 bits per heavy atom. The van der Waals surface area contributed by atoms with E-state index in [0.29, 0.717) is 23.8 Å². The Morgan fingerprint density at radius 1 is 1.17 bits per heavy atom. The zero-order valence-corrected chi connectivity index (χ0v) is 13.7. The Labute approximate surface area is 143 Å². The highest BCUT2D eigenvalue weighted by molar-refractivity contribution is 7.12. The summed E-state index contributed by atoms with van der Waals surface area (Å²) in [7, 11) is 0. The molecule has 0 radical (unpaired) electrons. The molecule has 0 aliphatic carbocycles. The quantitative estimate of drug-likeness (QED) is 0.794. The molecule has 0 bridgehead atoms. The van der Waals surface area contributed by atoms with Crippen molar-refractivity contribution in [2.45, 2.75) is 6.10 Å². The Morgan fingerprint density at radius 3 is 2.79 bits per heavy atom. The minimum atomic E-state index is -0.196. The summed E-state index contributed by atoms with van der Waals surface area (Å²) in [5.41, 5.74) is 0.883. The van der Waals surface area contributed by atoms with Crippen molar-refractivity contribution < 1.29 is 14.3 Å². The van der Waals surface area contributed by atoms with E-state index in [1.165, 1.54) is 11.3 Å². The number of carbonyl (C=O) groups excluding carboxylic acids is 1. The maximum Gasteiger partial charge on any atom is 0.263 e. The van der Waals surface area contributed by atoms with Crippen molar-refractivity contribution in [2.75, 3.05) is 13.2 Å². The third-order valence-corrected chi connectivity index (χ3v) is 4.69. The monoisotopic (exact) mass is 340 g/mol. The number of aromatic nitrogens is 1. The van der Waals surface area contributed by atoms with Gasteiger partial charge in [-0.1, -0.05) is 12.1 Å². The van der Waals surface area contributed by atoms with Crippen LogP contribution in [0.15, 0.2) is 60.2 Å². The van der Waals surface area contributed by atoms with Gasteiger partial charge in [-0.15, -0.1) is 11.3 Å². The van der Waals surface area contributed by atoms with Gasteiger partial charge in [0, 0.05) is 12.4 Å². The van der Waals surface area contributed by atoms with E-state index in [1.807, 2.05) is 64.8 Å². The number of nitrogens with one attached hydrogen (secondary N) is 1. The molecule has 1 unspecified atom stereocenters. The SMILES string of the molecule is O=C(NCC1COc2ccccc2O1)c1sccc1-n1cccc1. The lowest BCUT2D eigenvalue weighted by molar-refractivity contribution is 0.0791. The number of rotatable bonds is 4. The summed E-state index contributed by atoms with van der Waals surface area (Å²) in [5, 5.41) is 4.86. The fourth-order valence-electron chi connectivity index (χ4n) is 2.62. The second kappa shape index (κ2) is 6.41. The molecule has 0 saturated carbocycles. The molecule has 1 aliphatic heterocycles. The van der Waals surface area contributed by atoms with Crippen LogP contribution in [0.1, 0.15) is 9.67 Å². The number of nitrogens with zero attached hydrogens (tertiary/aromatic N) is 1. The van der Waals surface area contributed by atoms with E-state index in [2.05, 4.69) is 5.32 Å². The van der Waals surface area contributed by atoms with Gasteiger partial charge < -0.3 is 19.4 Å². The number of thiophene rings is 1. The fourth-order valence-corrected chi connectivity index (χ4v) is 3.43. The van der Waals surface area contributed by atoms with Gasteiger partial charge in [0.2, 0.25) is 0 Å². The first kappa shape index (κ1) is 14.8. The molecule has 0 fully saturated rings. The predicted molar refractivity (Wildman–Crippen MR) is 92.3 cm³/mol. The van der Waals surface area contributed by atoms with Crippen molar-refractivity contribution in [3.05, 3.63) is 65.1 Å². The molecule has 24 heavy (non-hydrogen) atoms. The lowest BCUT2D eigenvalue weighted by Crippen LogP contribution is -2.40. The van der Waals surface area contributed by atoms with Crippen LogP contribution in [0.2, 0.25) is 0 Å². The van der Waals surface area contributed by atoms with Crippen LogP contribution < -0.4 is 14.8 Å². The molecular weight excluding hydrogens is 324 g/mol. The van der Waals surface area contributed by atoms with Crippen molar-refractivity contribution in [3.8, 4) is 17.2 Å². The van der Waals surface area contributed by atoms with Crippen LogP contribution in [0.25, 0.3) is 5.69 Å². The van der Waals surface area contributed by atoms with Crippen LogP contribution in [-0.4, -0.2) is 29.7 Å². The van der Waals surface area contributed by atoms with Crippen LogP contribution in [0.5, 0.6) is 11.5 Å². The van der Waals surface area contributed by atoms with Gasteiger partial charge in [0.25, 0.3) is 5.91 Å². The van der Waals surface area contributed by atoms with Crippen molar-refractivity contribution in [1.82, 2.24) is 9.88 Å². The van der Waals surface area contributed by atoms with E-state index in [9.17, 15) is 4.79 Å². The minimum Gasteiger partial charge on any atom is -0.486 e. The van der Waals surface area contributed by atoms with Gasteiger partial charge in [0.05, 0.1) is 12.2 Å². The van der Waals surface area contributed by atoms with Crippen molar-refractivity contribution in [3.63, 3.8) is 0 Å². The van der Waals surface area contributed by atoms with Gasteiger partial charge >= 0.3 is 0 Å².